The van der Waals surface area contributed by atoms with Gasteiger partial charge in [0, 0.05) is 29.6 Å². The molecule has 0 saturated carbocycles. The number of oxazole rings is 1. The molecule has 4 rings (SSSR count). The van der Waals surface area contributed by atoms with Crippen molar-refractivity contribution in [1.82, 2.24) is 15.3 Å². The Morgan fingerprint density at radius 3 is 2.96 bits per heavy atom. The zero-order valence-corrected chi connectivity index (χ0v) is 14.3. The summed E-state index contributed by atoms with van der Waals surface area (Å²) in [7, 11) is 1.58. The lowest BCUT2D eigenvalue weighted by molar-refractivity contribution is -0.384. The Hall–Kier alpha value is -3.33. The van der Waals surface area contributed by atoms with Gasteiger partial charge in [-0.25, -0.2) is 4.98 Å². The molecule has 0 saturated heterocycles. The van der Waals surface area contributed by atoms with E-state index in [1.54, 1.807) is 31.4 Å². The molecular formula is C17H12N4O4S. The van der Waals surface area contributed by atoms with Crippen molar-refractivity contribution in [2.45, 2.75) is 10.1 Å². The predicted molar refractivity (Wildman–Crippen MR) is 96.5 cm³/mol. The Morgan fingerprint density at radius 1 is 1.35 bits per heavy atom. The summed E-state index contributed by atoms with van der Waals surface area (Å²) >= 11 is 1.28. The van der Waals surface area contributed by atoms with Crippen molar-refractivity contribution in [1.29, 1.82) is 0 Å². The number of nitrogens with one attached hydrogen (secondary N) is 2. The molecule has 0 fully saturated rings. The Balaban J connectivity index is 1.72. The minimum atomic E-state index is -0.477. The highest BCUT2D eigenvalue weighted by atomic mass is 32.2. The maximum absolute atomic E-state index is 12.0. The number of nitrogens with zero attached hydrogens (tertiary/aromatic N) is 2. The second-order valence-corrected chi connectivity index (χ2v) is 6.44. The van der Waals surface area contributed by atoms with Crippen LogP contribution in [0.1, 0.15) is 10.4 Å². The summed E-state index contributed by atoms with van der Waals surface area (Å²) in [5.74, 6) is -0.178. The number of hydrogen-bond donors (Lipinski definition) is 2. The minimum Gasteiger partial charge on any atom is -0.431 e. The van der Waals surface area contributed by atoms with Crippen LogP contribution in [-0.2, 0) is 0 Å². The van der Waals surface area contributed by atoms with Gasteiger partial charge >= 0.3 is 0 Å². The van der Waals surface area contributed by atoms with E-state index in [0.717, 1.165) is 15.8 Å². The number of nitro benzene ring substituents is 1. The van der Waals surface area contributed by atoms with Gasteiger partial charge in [-0.15, -0.1) is 0 Å². The smallest absolute Gasteiger partial charge is 0.273 e. The summed E-state index contributed by atoms with van der Waals surface area (Å²) in [5.41, 5.74) is 2.12. The summed E-state index contributed by atoms with van der Waals surface area (Å²) in [5, 5.41) is 14.7. The molecule has 130 valence electrons. The second kappa shape index (κ2) is 6.19. The number of non-ortho nitro benzene ring substituents is 1. The van der Waals surface area contributed by atoms with E-state index < -0.39 is 4.92 Å². The summed E-state index contributed by atoms with van der Waals surface area (Å²) < 4.78 is 5.63. The van der Waals surface area contributed by atoms with Crippen molar-refractivity contribution in [3.8, 4) is 0 Å². The molecular weight excluding hydrogens is 356 g/mol. The summed E-state index contributed by atoms with van der Waals surface area (Å²) in [6.07, 6.45) is 1.78. The topological polar surface area (TPSA) is 114 Å². The maximum Gasteiger partial charge on any atom is 0.273 e. The third-order valence-electron chi connectivity index (χ3n) is 3.91. The van der Waals surface area contributed by atoms with Crippen molar-refractivity contribution in [3.05, 3.63) is 58.3 Å². The number of hydrogen-bond acceptors (Lipinski definition) is 6. The molecule has 0 unspecified atom stereocenters. The normalized spacial score (nSPS) is 11.1. The van der Waals surface area contributed by atoms with Crippen molar-refractivity contribution in [3.63, 3.8) is 0 Å². The first kappa shape index (κ1) is 16.2. The van der Waals surface area contributed by atoms with Crippen LogP contribution < -0.4 is 5.32 Å². The number of H-pyrrole nitrogens is 1. The van der Waals surface area contributed by atoms with Crippen LogP contribution in [0.3, 0.4) is 0 Å². The van der Waals surface area contributed by atoms with E-state index in [9.17, 15) is 14.9 Å². The molecule has 0 aliphatic rings. The van der Waals surface area contributed by atoms with Gasteiger partial charge in [-0.1, -0.05) is 12.1 Å². The molecule has 0 atom stereocenters. The lowest BCUT2D eigenvalue weighted by Gasteiger charge is -2.01. The van der Waals surface area contributed by atoms with Crippen LogP contribution in [0.5, 0.6) is 0 Å². The van der Waals surface area contributed by atoms with E-state index in [1.807, 2.05) is 6.07 Å². The number of nitro groups is 1. The molecule has 0 spiro atoms. The molecule has 9 heteroatoms. The highest BCUT2D eigenvalue weighted by molar-refractivity contribution is 7.99. The largest absolute Gasteiger partial charge is 0.431 e. The molecule has 26 heavy (non-hydrogen) atoms. The van der Waals surface area contributed by atoms with Gasteiger partial charge in [0.15, 0.2) is 5.58 Å². The van der Waals surface area contributed by atoms with Gasteiger partial charge in [-0.3, -0.25) is 14.9 Å². The van der Waals surface area contributed by atoms with E-state index in [0.29, 0.717) is 21.9 Å². The summed E-state index contributed by atoms with van der Waals surface area (Å²) in [6, 6.07) is 9.74. The molecule has 2 heterocycles. The molecule has 2 aromatic heterocycles. The first-order chi connectivity index (χ1) is 12.6. The van der Waals surface area contributed by atoms with Crippen molar-refractivity contribution >= 4 is 45.4 Å². The lowest BCUT2D eigenvalue weighted by Crippen LogP contribution is -2.17. The lowest BCUT2D eigenvalue weighted by atomic mass is 10.1. The van der Waals surface area contributed by atoms with Crippen LogP contribution in [-0.4, -0.2) is 27.8 Å². The number of benzene rings is 2. The average molecular weight is 368 g/mol. The van der Waals surface area contributed by atoms with Crippen LogP contribution in [0, 0.1) is 10.1 Å². The van der Waals surface area contributed by atoms with Crippen LogP contribution in [0.2, 0.25) is 0 Å². The number of aromatic nitrogens is 2. The quantitative estimate of drug-likeness (QED) is 0.419. The van der Waals surface area contributed by atoms with Crippen molar-refractivity contribution < 1.29 is 14.1 Å². The number of fused-ring (bicyclic) bond motifs is 2. The molecule has 2 aromatic carbocycles. The van der Waals surface area contributed by atoms with Gasteiger partial charge in [-0.05, 0) is 23.9 Å². The van der Waals surface area contributed by atoms with E-state index in [1.165, 1.54) is 23.9 Å². The summed E-state index contributed by atoms with van der Waals surface area (Å²) in [4.78, 5) is 30.7. The molecule has 0 bridgehead atoms. The number of aromatic amines is 1. The predicted octanol–water partition coefficient (Wildman–Crippen LogP) is 3.73. The van der Waals surface area contributed by atoms with E-state index >= 15 is 0 Å². The van der Waals surface area contributed by atoms with Gasteiger partial charge in [0.2, 0.25) is 0 Å². The number of para-hydroxylation sites is 1. The Morgan fingerprint density at radius 2 is 2.19 bits per heavy atom. The molecule has 0 aliphatic carbocycles. The fraction of sp³-hybridized carbons (Fsp3) is 0.0588. The Labute approximate surface area is 150 Å². The zero-order chi connectivity index (χ0) is 18.3. The van der Waals surface area contributed by atoms with Gasteiger partial charge in [0.1, 0.15) is 5.52 Å². The van der Waals surface area contributed by atoms with Gasteiger partial charge in [0.25, 0.3) is 16.8 Å². The minimum absolute atomic E-state index is 0.0486. The number of carbonyl (C=O) groups excluding carboxylic acids is 1. The second-order valence-electron chi connectivity index (χ2n) is 5.45. The zero-order valence-electron chi connectivity index (χ0n) is 13.5. The fourth-order valence-electron chi connectivity index (χ4n) is 2.68. The first-order valence-electron chi connectivity index (χ1n) is 7.62. The third kappa shape index (κ3) is 2.68. The van der Waals surface area contributed by atoms with Gasteiger partial charge in [-0.2, -0.15) is 0 Å². The van der Waals surface area contributed by atoms with Crippen LogP contribution >= 0.6 is 11.8 Å². The third-order valence-corrected chi connectivity index (χ3v) is 4.82. The molecule has 8 nitrogen and oxygen atoms in total. The average Bonchev–Trinajstić information content (AvgIpc) is 3.24. The standard InChI is InChI=1S/C17H12N4O4S/c1-18-16(22)11-4-2-3-10-14(8-19-15(10)11)26-17-20-12-6-5-9(21(23)24)7-13(12)25-17/h2-8,19H,1H3,(H,18,22). The Kier molecular flexibility index (Phi) is 3.85. The van der Waals surface area contributed by atoms with Gasteiger partial charge < -0.3 is 14.7 Å². The van der Waals surface area contributed by atoms with Crippen LogP contribution in [0.25, 0.3) is 22.0 Å². The molecule has 0 aliphatic heterocycles. The SMILES string of the molecule is CNC(=O)c1cccc2c(Sc3nc4ccc([N+](=O)[O-])cc4o3)c[nH]c12. The molecule has 1 amide bonds. The highest BCUT2D eigenvalue weighted by Crippen LogP contribution is 2.36. The Bertz CT molecular complexity index is 1160. The first-order valence-corrected chi connectivity index (χ1v) is 8.43. The monoisotopic (exact) mass is 368 g/mol. The highest BCUT2D eigenvalue weighted by Gasteiger charge is 2.16. The maximum atomic E-state index is 12.0. The van der Waals surface area contributed by atoms with Gasteiger partial charge in [0.05, 0.1) is 22.1 Å². The molecule has 2 N–H and O–H groups in total. The number of amides is 1. The number of rotatable bonds is 4. The van der Waals surface area contributed by atoms with E-state index in [2.05, 4.69) is 15.3 Å². The van der Waals surface area contributed by atoms with Crippen LogP contribution in [0.15, 0.2) is 57.1 Å². The molecule has 0 radical (unpaired) electrons. The number of carbonyl (C=O) groups is 1. The van der Waals surface area contributed by atoms with Crippen LogP contribution in [0.4, 0.5) is 5.69 Å². The van der Waals surface area contributed by atoms with Crippen molar-refractivity contribution in [2.75, 3.05) is 7.05 Å². The fourth-order valence-corrected chi connectivity index (χ4v) is 3.54. The van der Waals surface area contributed by atoms with E-state index in [-0.39, 0.29) is 11.6 Å². The van der Waals surface area contributed by atoms with Crippen molar-refractivity contribution in [2.24, 2.45) is 0 Å². The summed E-state index contributed by atoms with van der Waals surface area (Å²) in [6.45, 7) is 0. The van der Waals surface area contributed by atoms with E-state index in [4.69, 9.17) is 4.42 Å². The molecule has 4 aromatic rings.